The predicted octanol–water partition coefficient (Wildman–Crippen LogP) is 1.67. The lowest BCUT2D eigenvalue weighted by molar-refractivity contribution is 0.367. The summed E-state index contributed by atoms with van der Waals surface area (Å²) in [4.78, 5) is 8.00. The Bertz CT molecular complexity index is 551. The Balaban J connectivity index is 1.84. The fourth-order valence-corrected chi connectivity index (χ4v) is 1.62. The second-order valence-electron chi connectivity index (χ2n) is 3.90. The molecule has 2 rings (SSSR count). The van der Waals surface area contributed by atoms with Crippen LogP contribution in [-0.4, -0.2) is 16.6 Å². The summed E-state index contributed by atoms with van der Waals surface area (Å²) >= 11 is 0. The molecular formula is C14H14N4O. The molecule has 1 aromatic heterocycles. The molecule has 0 saturated carbocycles. The van der Waals surface area contributed by atoms with Gasteiger partial charge in [0.25, 0.3) is 0 Å². The van der Waals surface area contributed by atoms with E-state index in [1.54, 1.807) is 6.20 Å². The van der Waals surface area contributed by atoms with Gasteiger partial charge in [-0.3, -0.25) is 0 Å². The molecular weight excluding hydrogens is 240 g/mol. The standard InChI is InChI=1S/C14H14N4O/c15-5-7-19-14-3-1-2-12(8-14)9-17-10-13-4-6-16-11-18-13/h1-4,6,8,11,17H,7,9-10H2. The fraction of sp³-hybridized carbons (Fsp3) is 0.214. The van der Waals surface area contributed by atoms with E-state index >= 15 is 0 Å². The SMILES string of the molecule is N#CCOc1cccc(CNCc2ccncn2)c1. The van der Waals surface area contributed by atoms with Crippen molar-refractivity contribution in [3.63, 3.8) is 0 Å². The molecule has 19 heavy (non-hydrogen) atoms. The van der Waals surface area contributed by atoms with Gasteiger partial charge in [-0.2, -0.15) is 5.26 Å². The van der Waals surface area contributed by atoms with E-state index in [0.717, 1.165) is 11.3 Å². The summed E-state index contributed by atoms with van der Waals surface area (Å²) in [6.07, 6.45) is 3.26. The first-order valence-corrected chi connectivity index (χ1v) is 5.93. The van der Waals surface area contributed by atoms with Crippen LogP contribution in [0.3, 0.4) is 0 Å². The lowest BCUT2D eigenvalue weighted by Crippen LogP contribution is -2.13. The molecule has 1 heterocycles. The minimum Gasteiger partial charge on any atom is -0.479 e. The van der Waals surface area contributed by atoms with Crippen LogP contribution in [0.1, 0.15) is 11.3 Å². The highest BCUT2D eigenvalue weighted by atomic mass is 16.5. The molecule has 1 aromatic carbocycles. The van der Waals surface area contributed by atoms with Crippen molar-refractivity contribution in [3.8, 4) is 11.8 Å². The maximum absolute atomic E-state index is 8.46. The molecule has 0 amide bonds. The van der Waals surface area contributed by atoms with Crippen LogP contribution in [0, 0.1) is 11.3 Å². The molecule has 0 spiro atoms. The Labute approximate surface area is 111 Å². The van der Waals surface area contributed by atoms with E-state index in [2.05, 4.69) is 15.3 Å². The van der Waals surface area contributed by atoms with Gasteiger partial charge < -0.3 is 10.1 Å². The first-order valence-electron chi connectivity index (χ1n) is 5.93. The Hall–Kier alpha value is -2.45. The van der Waals surface area contributed by atoms with Crippen LogP contribution in [-0.2, 0) is 13.1 Å². The van der Waals surface area contributed by atoms with Crippen LogP contribution >= 0.6 is 0 Å². The smallest absolute Gasteiger partial charge is 0.174 e. The second kappa shape index (κ2) is 7.09. The van der Waals surface area contributed by atoms with E-state index in [0.29, 0.717) is 18.8 Å². The normalized spacial score (nSPS) is 9.84. The summed E-state index contributed by atoms with van der Waals surface area (Å²) in [5.74, 6) is 0.711. The van der Waals surface area contributed by atoms with Gasteiger partial charge in [-0.05, 0) is 23.8 Å². The molecule has 2 aromatic rings. The number of aromatic nitrogens is 2. The van der Waals surface area contributed by atoms with Crippen LogP contribution in [0.15, 0.2) is 42.9 Å². The summed E-state index contributed by atoms with van der Waals surface area (Å²) in [5.41, 5.74) is 2.05. The van der Waals surface area contributed by atoms with Crippen molar-refractivity contribution in [2.24, 2.45) is 0 Å². The van der Waals surface area contributed by atoms with Gasteiger partial charge in [-0.25, -0.2) is 9.97 Å². The molecule has 5 nitrogen and oxygen atoms in total. The van der Waals surface area contributed by atoms with Gasteiger partial charge >= 0.3 is 0 Å². The van der Waals surface area contributed by atoms with Crippen LogP contribution in [0.5, 0.6) is 5.75 Å². The van der Waals surface area contributed by atoms with Gasteiger partial charge in [0.2, 0.25) is 0 Å². The van der Waals surface area contributed by atoms with Crippen LogP contribution in [0.2, 0.25) is 0 Å². The number of hydrogen-bond donors (Lipinski definition) is 1. The van der Waals surface area contributed by atoms with E-state index in [9.17, 15) is 0 Å². The number of nitriles is 1. The van der Waals surface area contributed by atoms with E-state index in [4.69, 9.17) is 10.00 Å². The van der Waals surface area contributed by atoms with Crippen molar-refractivity contribution in [2.45, 2.75) is 13.1 Å². The average Bonchev–Trinajstić information content (AvgIpc) is 2.47. The van der Waals surface area contributed by atoms with Crippen molar-refractivity contribution in [2.75, 3.05) is 6.61 Å². The molecule has 0 aliphatic heterocycles. The molecule has 0 radical (unpaired) electrons. The zero-order chi connectivity index (χ0) is 13.3. The van der Waals surface area contributed by atoms with E-state index in [1.165, 1.54) is 6.33 Å². The number of nitrogens with zero attached hydrogens (tertiary/aromatic N) is 3. The predicted molar refractivity (Wildman–Crippen MR) is 70.1 cm³/mol. The first-order chi connectivity index (χ1) is 9.38. The summed E-state index contributed by atoms with van der Waals surface area (Å²) in [6, 6.07) is 11.5. The third kappa shape index (κ3) is 4.37. The number of hydrogen-bond acceptors (Lipinski definition) is 5. The van der Waals surface area contributed by atoms with Gasteiger partial charge in [-0.1, -0.05) is 12.1 Å². The lowest BCUT2D eigenvalue weighted by atomic mass is 10.2. The second-order valence-corrected chi connectivity index (χ2v) is 3.90. The molecule has 5 heteroatoms. The highest BCUT2D eigenvalue weighted by Gasteiger charge is 1.98. The molecule has 0 fully saturated rings. The Morgan fingerprint density at radius 3 is 3.00 bits per heavy atom. The van der Waals surface area contributed by atoms with Crippen molar-refractivity contribution < 1.29 is 4.74 Å². The molecule has 96 valence electrons. The van der Waals surface area contributed by atoms with Crippen LogP contribution in [0.4, 0.5) is 0 Å². The van der Waals surface area contributed by atoms with E-state index < -0.39 is 0 Å². The van der Waals surface area contributed by atoms with Gasteiger partial charge in [0.1, 0.15) is 18.1 Å². The third-order valence-electron chi connectivity index (χ3n) is 2.48. The fourth-order valence-electron chi connectivity index (χ4n) is 1.62. The molecule has 1 N–H and O–H groups in total. The summed E-state index contributed by atoms with van der Waals surface area (Å²) < 4.78 is 5.25. The molecule has 0 aliphatic rings. The highest BCUT2D eigenvalue weighted by molar-refractivity contribution is 5.28. The largest absolute Gasteiger partial charge is 0.479 e. The molecule has 0 aliphatic carbocycles. The number of rotatable bonds is 6. The molecule has 0 saturated heterocycles. The van der Waals surface area contributed by atoms with Crippen molar-refractivity contribution in [1.82, 2.24) is 15.3 Å². The van der Waals surface area contributed by atoms with Crippen LogP contribution < -0.4 is 10.1 Å². The number of nitrogens with one attached hydrogen (secondary N) is 1. The van der Waals surface area contributed by atoms with Gasteiger partial charge in [0.05, 0.1) is 5.69 Å². The topological polar surface area (TPSA) is 70.8 Å². The van der Waals surface area contributed by atoms with Crippen molar-refractivity contribution in [3.05, 3.63) is 54.1 Å². The summed E-state index contributed by atoms with van der Waals surface area (Å²) in [6.45, 7) is 1.47. The summed E-state index contributed by atoms with van der Waals surface area (Å²) in [7, 11) is 0. The quantitative estimate of drug-likeness (QED) is 0.849. The zero-order valence-corrected chi connectivity index (χ0v) is 10.4. The van der Waals surface area contributed by atoms with Crippen molar-refractivity contribution >= 4 is 0 Å². The molecule has 0 bridgehead atoms. The highest BCUT2D eigenvalue weighted by Crippen LogP contribution is 2.13. The lowest BCUT2D eigenvalue weighted by Gasteiger charge is -2.06. The minimum atomic E-state index is 0.0673. The Morgan fingerprint density at radius 2 is 2.21 bits per heavy atom. The van der Waals surface area contributed by atoms with Gasteiger partial charge in [0, 0.05) is 19.3 Å². The first kappa shape index (κ1) is 13.0. The molecule has 0 unspecified atom stereocenters. The number of ether oxygens (including phenoxy) is 1. The average molecular weight is 254 g/mol. The summed E-state index contributed by atoms with van der Waals surface area (Å²) in [5, 5.41) is 11.8. The maximum Gasteiger partial charge on any atom is 0.174 e. The Kier molecular flexibility index (Phi) is 4.85. The van der Waals surface area contributed by atoms with E-state index in [-0.39, 0.29) is 6.61 Å². The maximum atomic E-state index is 8.46. The minimum absolute atomic E-state index is 0.0673. The van der Waals surface area contributed by atoms with Gasteiger partial charge in [-0.15, -0.1) is 0 Å². The third-order valence-corrected chi connectivity index (χ3v) is 2.48. The van der Waals surface area contributed by atoms with Gasteiger partial charge in [0.15, 0.2) is 6.61 Å². The number of benzene rings is 1. The van der Waals surface area contributed by atoms with Crippen LogP contribution in [0.25, 0.3) is 0 Å². The zero-order valence-electron chi connectivity index (χ0n) is 10.4. The van der Waals surface area contributed by atoms with Crippen molar-refractivity contribution in [1.29, 1.82) is 5.26 Å². The Morgan fingerprint density at radius 1 is 1.26 bits per heavy atom. The van der Waals surface area contributed by atoms with E-state index in [1.807, 2.05) is 36.4 Å². The molecule has 0 atom stereocenters. The monoisotopic (exact) mass is 254 g/mol.